The molecule has 0 spiro atoms. The summed E-state index contributed by atoms with van der Waals surface area (Å²) in [7, 11) is 0. The second-order valence-electron chi connectivity index (χ2n) is 5.81. The Morgan fingerprint density at radius 2 is 1.18 bits per heavy atom. The average molecular weight is 288 g/mol. The van der Waals surface area contributed by atoms with E-state index < -0.39 is 0 Å². The highest BCUT2D eigenvalue weighted by Crippen LogP contribution is 2.41. The number of phenols is 2. The Bertz CT molecular complexity index is 1060. The van der Waals surface area contributed by atoms with Crippen LogP contribution in [0.4, 0.5) is 0 Å². The molecule has 108 valence electrons. The molecule has 0 radical (unpaired) electrons. The molecule has 0 saturated carbocycles. The van der Waals surface area contributed by atoms with Gasteiger partial charge in [-0.1, -0.05) is 30.3 Å². The van der Waals surface area contributed by atoms with E-state index >= 15 is 0 Å². The Hall–Kier alpha value is -2.74. The fourth-order valence-electron chi connectivity index (χ4n) is 3.51. The van der Waals surface area contributed by atoms with Gasteiger partial charge in [-0.25, -0.2) is 0 Å². The largest absolute Gasteiger partial charge is 0.504 e. The highest BCUT2D eigenvalue weighted by molar-refractivity contribution is 6.17. The van der Waals surface area contributed by atoms with Crippen LogP contribution in [0.15, 0.2) is 48.5 Å². The summed E-state index contributed by atoms with van der Waals surface area (Å²) in [5.74, 6) is -0.133. The zero-order chi connectivity index (χ0) is 15.4. The summed E-state index contributed by atoms with van der Waals surface area (Å²) < 4.78 is 0. The molecule has 0 aromatic heterocycles. The number of aryl methyl sites for hydroxylation is 2. The van der Waals surface area contributed by atoms with Crippen molar-refractivity contribution in [2.24, 2.45) is 0 Å². The normalized spacial score (nSPS) is 11.5. The summed E-state index contributed by atoms with van der Waals surface area (Å²) in [6, 6.07) is 15.8. The van der Waals surface area contributed by atoms with Gasteiger partial charge in [-0.15, -0.1) is 0 Å². The summed E-state index contributed by atoms with van der Waals surface area (Å²) in [6.07, 6.45) is 0. The van der Waals surface area contributed by atoms with Gasteiger partial charge in [0.1, 0.15) is 0 Å². The van der Waals surface area contributed by atoms with E-state index in [1.54, 1.807) is 6.07 Å². The van der Waals surface area contributed by atoms with E-state index in [-0.39, 0.29) is 11.5 Å². The molecular formula is C20H16O2. The van der Waals surface area contributed by atoms with Crippen molar-refractivity contribution < 1.29 is 10.2 Å². The van der Waals surface area contributed by atoms with E-state index in [4.69, 9.17) is 0 Å². The molecular weight excluding hydrogens is 272 g/mol. The predicted molar refractivity (Wildman–Crippen MR) is 91.8 cm³/mol. The van der Waals surface area contributed by atoms with E-state index in [0.717, 1.165) is 10.8 Å². The quantitative estimate of drug-likeness (QED) is 0.266. The van der Waals surface area contributed by atoms with Crippen LogP contribution >= 0.6 is 0 Å². The van der Waals surface area contributed by atoms with Crippen LogP contribution in [-0.4, -0.2) is 10.2 Å². The van der Waals surface area contributed by atoms with E-state index in [0.29, 0.717) is 5.39 Å². The van der Waals surface area contributed by atoms with E-state index in [1.807, 2.05) is 18.2 Å². The lowest BCUT2D eigenvalue weighted by molar-refractivity contribution is 0.408. The highest BCUT2D eigenvalue weighted by atomic mass is 16.3. The number of hydrogen-bond acceptors (Lipinski definition) is 2. The van der Waals surface area contributed by atoms with Crippen LogP contribution in [0, 0.1) is 13.8 Å². The van der Waals surface area contributed by atoms with Crippen LogP contribution in [-0.2, 0) is 0 Å². The van der Waals surface area contributed by atoms with Gasteiger partial charge in [0.25, 0.3) is 0 Å². The molecule has 2 nitrogen and oxygen atoms in total. The summed E-state index contributed by atoms with van der Waals surface area (Å²) in [5.41, 5.74) is 2.44. The standard InChI is InChI=1S/C20H16O2/c1-11-13-5-3-4-6-14(13)12(2)19-15(11)7-8-17-16(19)9-10-18(21)20(17)22/h3-10,21-22H,1-2H3. The molecule has 0 aliphatic rings. The Morgan fingerprint density at radius 3 is 1.91 bits per heavy atom. The van der Waals surface area contributed by atoms with Crippen LogP contribution in [0.5, 0.6) is 11.5 Å². The zero-order valence-electron chi connectivity index (χ0n) is 12.5. The first-order valence-corrected chi connectivity index (χ1v) is 7.35. The molecule has 0 aliphatic carbocycles. The second kappa shape index (κ2) is 4.38. The minimum Gasteiger partial charge on any atom is -0.504 e. The number of hydrogen-bond donors (Lipinski definition) is 2. The summed E-state index contributed by atoms with van der Waals surface area (Å²) in [5, 5.41) is 26.4. The average Bonchev–Trinajstić information content (AvgIpc) is 2.55. The predicted octanol–water partition coefficient (Wildman–Crippen LogP) is 5.17. The maximum Gasteiger partial charge on any atom is 0.165 e. The zero-order valence-corrected chi connectivity index (χ0v) is 12.5. The number of rotatable bonds is 0. The lowest BCUT2D eigenvalue weighted by Gasteiger charge is -2.15. The molecule has 0 bridgehead atoms. The van der Waals surface area contributed by atoms with Gasteiger partial charge in [-0.2, -0.15) is 0 Å². The molecule has 0 heterocycles. The van der Waals surface area contributed by atoms with Gasteiger partial charge in [-0.3, -0.25) is 0 Å². The Kier molecular flexibility index (Phi) is 2.58. The van der Waals surface area contributed by atoms with E-state index in [9.17, 15) is 10.2 Å². The van der Waals surface area contributed by atoms with Crippen molar-refractivity contribution in [3.8, 4) is 11.5 Å². The molecule has 2 heteroatoms. The second-order valence-corrected chi connectivity index (χ2v) is 5.81. The number of aromatic hydroxyl groups is 2. The van der Waals surface area contributed by atoms with Crippen molar-refractivity contribution in [2.45, 2.75) is 13.8 Å². The molecule has 2 N–H and O–H groups in total. The molecule has 0 atom stereocenters. The Morgan fingerprint density at radius 1 is 0.591 bits per heavy atom. The van der Waals surface area contributed by atoms with Crippen LogP contribution < -0.4 is 0 Å². The van der Waals surface area contributed by atoms with Crippen molar-refractivity contribution in [3.05, 3.63) is 59.7 Å². The van der Waals surface area contributed by atoms with E-state index in [2.05, 4.69) is 38.1 Å². The molecule has 0 unspecified atom stereocenters. The first-order valence-electron chi connectivity index (χ1n) is 7.35. The van der Waals surface area contributed by atoms with Crippen LogP contribution in [0.25, 0.3) is 32.3 Å². The van der Waals surface area contributed by atoms with Gasteiger partial charge < -0.3 is 10.2 Å². The van der Waals surface area contributed by atoms with Gasteiger partial charge >= 0.3 is 0 Å². The third kappa shape index (κ3) is 1.55. The van der Waals surface area contributed by atoms with Crippen molar-refractivity contribution >= 4 is 32.3 Å². The molecule has 4 aromatic carbocycles. The lowest BCUT2D eigenvalue weighted by atomic mass is 9.90. The fourth-order valence-corrected chi connectivity index (χ4v) is 3.51. The molecule has 4 rings (SSSR count). The Balaban J connectivity index is 2.35. The third-order valence-electron chi connectivity index (χ3n) is 4.67. The first-order chi connectivity index (χ1) is 10.6. The molecule has 0 saturated heterocycles. The van der Waals surface area contributed by atoms with Crippen LogP contribution in [0.2, 0.25) is 0 Å². The van der Waals surface area contributed by atoms with Gasteiger partial charge in [-0.05, 0) is 70.1 Å². The summed E-state index contributed by atoms with van der Waals surface area (Å²) >= 11 is 0. The van der Waals surface area contributed by atoms with E-state index in [1.165, 1.54) is 27.3 Å². The minimum atomic E-state index is -0.0815. The van der Waals surface area contributed by atoms with Gasteiger partial charge in [0.05, 0.1) is 0 Å². The van der Waals surface area contributed by atoms with Gasteiger partial charge in [0.15, 0.2) is 11.5 Å². The van der Waals surface area contributed by atoms with Gasteiger partial charge in [0.2, 0.25) is 0 Å². The fraction of sp³-hybridized carbons (Fsp3) is 0.100. The Labute approximate surface area is 128 Å². The maximum atomic E-state index is 10.1. The number of fused-ring (bicyclic) bond motifs is 4. The molecule has 22 heavy (non-hydrogen) atoms. The first kappa shape index (κ1) is 13.0. The summed E-state index contributed by atoms with van der Waals surface area (Å²) in [4.78, 5) is 0. The molecule has 4 aromatic rings. The molecule has 0 aliphatic heterocycles. The minimum absolute atomic E-state index is 0.0513. The SMILES string of the molecule is Cc1c2ccccc2c(C)c2c1ccc1c(O)c(O)ccc12. The monoisotopic (exact) mass is 288 g/mol. The topological polar surface area (TPSA) is 40.5 Å². The van der Waals surface area contributed by atoms with Crippen molar-refractivity contribution in [1.29, 1.82) is 0 Å². The van der Waals surface area contributed by atoms with Crippen molar-refractivity contribution in [2.75, 3.05) is 0 Å². The molecule has 0 amide bonds. The van der Waals surface area contributed by atoms with Crippen LogP contribution in [0.3, 0.4) is 0 Å². The molecule has 0 fully saturated rings. The smallest absolute Gasteiger partial charge is 0.165 e. The number of phenolic OH excluding ortho intramolecular Hbond substituents is 2. The summed E-state index contributed by atoms with van der Waals surface area (Å²) in [6.45, 7) is 4.25. The van der Waals surface area contributed by atoms with Crippen molar-refractivity contribution in [1.82, 2.24) is 0 Å². The lowest BCUT2D eigenvalue weighted by Crippen LogP contribution is -1.89. The number of benzene rings is 4. The third-order valence-corrected chi connectivity index (χ3v) is 4.67. The van der Waals surface area contributed by atoms with Crippen molar-refractivity contribution in [3.63, 3.8) is 0 Å². The van der Waals surface area contributed by atoms with Crippen LogP contribution in [0.1, 0.15) is 11.1 Å². The highest BCUT2D eigenvalue weighted by Gasteiger charge is 2.13. The van der Waals surface area contributed by atoms with Gasteiger partial charge in [0, 0.05) is 5.39 Å². The maximum absolute atomic E-state index is 10.1.